The molecule has 1 N–H and O–H groups in total. The minimum atomic E-state index is 0.195. The van der Waals surface area contributed by atoms with Crippen LogP contribution in [0.3, 0.4) is 0 Å². The molecule has 2 aliphatic heterocycles. The summed E-state index contributed by atoms with van der Waals surface area (Å²) in [7, 11) is 0. The Morgan fingerprint density at radius 3 is 2.33 bits per heavy atom. The number of rotatable bonds is 6. The largest absolute Gasteiger partial charge is 0.383 e. The number of aromatic nitrogens is 1. The Morgan fingerprint density at radius 2 is 1.63 bits per heavy atom. The molecule has 0 saturated carbocycles. The van der Waals surface area contributed by atoms with Gasteiger partial charge in [0.1, 0.15) is 0 Å². The summed E-state index contributed by atoms with van der Waals surface area (Å²) in [4.78, 5) is 9.41. The summed E-state index contributed by atoms with van der Waals surface area (Å²) >= 11 is 0. The first-order valence-corrected chi connectivity index (χ1v) is 10.1. The number of hydrogen-bond acceptors (Lipinski definition) is 5. The van der Waals surface area contributed by atoms with Gasteiger partial charge in [-0.25, -0.2) is 0 Å². The van der Waals surface area contributed by atoms with E-state index in [1.165, 1.54) is 5.56 Å². The zero-order valence-electron chi connectivity index (χ0n) is 16.0. The van der Waals surface area contributed by atoms with Gasteiger partial charge < -0.3 is 10.1 Å². The van der Waals surface area contributed by atoms with Crippen LogP contribution in [0.5, 0.6) is 0 Å². The van der Waals surface area contributed by atoms with E-state index in [4.69, 9.17) is 4.74 Å². The SMILES string of the molecule is c1ccc(CN2CCN(C3(CNc4ccncc4)CCOCC3)CC2)cc1. The quantitative estimate of drug-likeness (QED) is 0.851. The van der Waals surface area contributed by atoms with E-state index in [9.17, 15) is 0 Å². The molecule has 0 spiro atoms. The fourth-order valence-corrected chi connectivity index (χ4v) is 4.31. The lowest BCUT2D eigenvalue weighted by Gasteiger charge is -2.50. The highest BCUT2D eigenvalue weighted by molar-refractivity contribution is 5.41. The molecule has 0 radical (unpaired) electrons. The molecule has 2 saturated heterocycles. The third-order valence-corrected chi connectivity index (χ3v) is 6.02. The Labute approximate surface area is 162 Å². The molecule has 0 bridgehead atoms. The number of piperazine rings is 1. The topological polar surface area (TPSA) is 40.6 Å². The molecule has 27 heavy (non-hydrogen) atoms. The molecule has 5 nitrogen and oxygen atoms in total. The van der Waals surface area contributed by atoms with E-state index in [-0.39, 0.29) is 5.54 Å². The van der Waals surface area contributed by atoms with E-state index in [2.05, 4.69) is 50.4 Å². The van der Waals surface area contributed by atoms with Crippen LogP contribution in [0.15, 0.2) is 54.9 Å². The van der Waals surface area contributed by atoms with Crippen molar-refractivity contribution in [3.8, 4) is 0 Å². The third kappa shape index (κ3) is 4.67. The zero-order chi connectivity index (χ0) is 18.4. The zero-order valence-corrected chi connectivity index (χ0v) is 16.0. The Hall–Kier alpha value is -1.95. The molecule has 0 atom stereocenters. The van der Waals surface area contributed by atoms with Gasteiger partial charge in [-0.15, -0.1) is 0 Å². The van der Waals surface area contributed by atoms with Crippen LogP contribution in [0, 0.1) is 0 Å². The van der Waals surface area contributed by atoms with Gasteiger partial charge >= 0.3 is 0 Å². The minimum absolute atomic E-state index is 0.195. The molecule has 2 aliphatic rings. The van der Waals surface area contributed by atoms with Crippen molar-refractivity contribution in [3.05, 3.63) is 60.4 Å². The van der Waals surface area contributed by atoms with E-state index < -0.39 is 0 Å². The van der Waals surface area contributed by atoms with E-state index in [0.717, 1.165) is 71.0 Å². The van der Waals surface area contributed by atoms with Crippen molar-refractivity contribution < 1.29 is 4.74 Å². The fourth-order valence-electron chi connectivity index (χ4n) is 4.31. The van der Waals surface area contributed by atoms with E-state index >= 15 is 0 Å². The van der Waals surface area contributed by atoms with E-state index in [1.807, 2.05) is 24.5 Å². The predicted molar refractivity (Wildman–Crippen MR) is 109 cm³/mol. The maximum atomic E-state index is 5.69. The Bertz CT molecular complexity index is 680. The number of nitrogens with one attached hydrogen (secondary N) is 1. The van der Waals surface area contributed by atoms with Gasteiger partial charge in [0.15, 0.2) is 0 Å². The smallest absolute Gasteiger partial charge is 0.0484 e. The van der Waals surface area contributed by atoms with Crippen LogP contribution in [-0.2, 0) is 11.3 Å². The standard InChI is InChI=1S/C22H30N4O/c1-2-4-20(5-3-1)18-25-12-14-26(15-13-25)22(8-16-27-17-9-22)19-24-21-6-10-23-11-7-21/h1-7,10-11H,8-9,12-19H2,(H,23,24). The molecule has 144 valence electrons. The molecule has 1 aromatic carbocycles. The van der Waals surface area contributed by atoms with Gasteiger partial charge in [0.25, 0.3) is 0 Å². The van der Waals surface area contributed by atoms with Crippen molar-refractivity contribution in [2.24, 2.45) is 0 Å². The molecule has 5 heteroatoms. The molecular weight excluding hydrogens is 336 g/mol. The maximum Gasteiger partial charge on any atom is 0.0484 e. The average Bonchev–Trinajstić information content (AvgIpc) is 2.75. The monoisotopic (exact) mass is 366 g/mol. The molecular formula is C22H30N4O. The van der Waals surface area contributed by atoms with Crippen LogP contribution in [0.25, 0.3) is 0 Å². The first kappa shape index (κ1) is 18.4. The summed E-state index contributed by atoms with van der Waals surface area (Å²) in [5, 5.41) is 3.65. The maximum absolute atomic E-state index is 5.69. The number of nitrogens with zero attached hydrogens (tertiary/aromatic N) is 3. The number of ether oxygens (including phenoxy) is 1. The number of benzene rings is 1. The lowest BCUT2D eigenvalue weighted by molar-refractivity contribution is -0.0413. The molecule has 4 rings (SSSR count). The molecule has 3 heterocycles. The molecule has 2 aromatic rings. The lowest BCUT2D eigenvalue weighted by Crippen LogP contribution is -2.61. The normalized spacial score (nSPS) is 21.0. The van der Waals surface area contributed by atoms with Crippen LogP contribution >= 0.6 is 0 Å². The van der Waals surface area contributed by atoms with Crippen LogP contribution < -0.4 is 5.32 Å². The summed E-state index contributed by atoms with van der Waals surface area (Å²) in [5.41, 5.74) is 2.75. The van der Waals surface area contributed by atoms with Crippen LogP contribution in [0.1, 0.15) is 18.4 Å². The van der Waals surface area contributed by atoms with Gasteiger partial charge in [-0.3, -0.25) is 14.8 Å². The predicted octanol–water partition coefficient (Wildman–Crippen LogP) is 2.86. The first-order chi connectivity index (χ1) is 13.3. The average molecular weight is 367 g/mol. The van der Waals surface area contributed by atoms with Crippen LogP contribution in [-0.4, -0.2) is 66.3 Å². The Morgan fingerprint density at radius 1 is 0.926 bits per heavy atom. The highest BCUT2D eigenvalue weighted by Crippen LogP contribution is 2.30. The second-order valence-corrected chi connectivity index (χ2v) is 7.67. The number of hydrogen-bond donors (Lipinski definition) is 1. The van der Waals surface area contributed by atoms with Gasteiger partial charge in [0.2, 0.25) is 0 Å². The summed E-state index contributed by atoms with van der Waals surface area (Å²) in [6, 6.07) is 14.9. The van der Waals surface area contributed by atoms with Gasteiger partial charge in [0.05, 0.1) is 0 Å². The van der Waals surface area contributed by atoms with E-state index in [1.54, 1.807) is 0 Å². The number of pyridine rings is 1. The van der Waals surface area contributed by atoms with Crippen molar-refractivity contribution in [1.82, 2.24) is 14.8 Å². The van der Waals surface area contributed by atoms with Gasteiger partial charge in [-0.1, -0.05) is 30.3 Å². The van der Waals surface area contributed by atoms with Crippen molar-refractivity contribution in [2.45, 2.75) is 24.9 Å². The van der Waals surface area contributed by atoms with Crippen LogP contribution in [0.4, 0.5) is 5.69 Å². The van der Waals surface area contributed by atoms with Crippen molar-refractivity contribution in [2.75, 3.05) is 51.3 Å². The highest BCUT2D eigenvalue weighted by Gasteiger charge is 2.39. The fraction of sp³-hybridized carbons (Fsp3) is 0.500. The van der Waals surface area contributed by atoms with Gasteiger partial charge in [-0.2, -0.15) is 0 Å². The Kier molecular flexibility index (Phi) is 6.02. The molecule has 2 fully saturated rings. The summed E-state index contributed by atoms with van der Waals surface area (Å²) < 4.78 is 5.69. The lowest BCUT2D eigenvalue weighted by atomic mass is 9.87. The second-order valence-electron chi connectivity index (χ2n) is 7.67. The van der Waals surface area contributed by atoms with Crippen molar-refractivity contribution in [3.63, 3.8) is 0 Å². The molecule has 0 unspecified atom stereocenters. The first-order valence-electron chi connectivity index (χ1n) is 10.1. The summed E-state index contributed by atoms with van der Waals surface area (Å²) in [5.74, 6) is 0. The minimum Gasteiger partial charge on any atom is -0.383 e. The Balaban J connectivity index is 1.36. The van der Waals surface area contributed by atoms with Crippen molar-refractivity contribution >= 4 is 5.69 Å². The summed E-state index contributed by atoms with van der Waals surface area (Å²) in [6.07, 6.45) is 5.90. The highest BCUT2D eigenvalue weighted by atomic mass is 16.5. The molecule has 0 amide bonds. The molecule has 1 aromatic heterocycles. The summed E-state index contributed by atoms with van der Waals surface area (Å²) in [6.45, 7) is 8.28. The second kappa shape index (κ2) is 8.83. The molecule has 0 aliphatic carbocycles. The number of anilines is 1. The van der Waals surface area contributed by atoms with E-state index in [0.29, 0.717) is 0 Å². The third-order valence-electron chi connectivity index (χ3n) is 6.02. The van der Waals surface area contributed by atoms with Gasteiger partial charge in [0, 0.05) is 76.1 Å². The van der Waals surface area contributed by atoms with Crippen molar-refractivity contribution in [1.29, 1.82) is 0 Å². The van der Waals surface area contributed by atoms with Crippen LogP contribution in [0.2, 0.25) is 0 Å². The van der Waals surface area contributed by atoms with Gasteiger partial charge in [-0.05, 0) is 30.5 Å².